The van der Waals surface area contributed by atoms with E-state index in [1.165, 1.54) is 11.3 Å². The SMILES string of the molecule is COc1cc(OC)cc(-c2nnc(S/C(=C\c3ccc(Br)s3)C(=O)O)o2)c1. The highest BCUT2D eigenvalue weighted by molar-refractivity contribution is 9.11. The number of aromatic nitrogens is 2. The van der Waals surface area contributed by atoms with Gasteiger partial charge in [-0.15, -0.1) is 21.5 Å². The molecule has 0 saturated carbocycles. The van der Waals surface area contributed by atoms with Crippen LogP contribution in [0.1, 0.15) is 4.88 Å². The van der Waals surface area contributed by atoms with Gasteiger partial charge in [-0.25, -0.2) is 4.79 Å². The number of halogens is 1. The Kier molecular flexibility index (Phi) is 6.19. The van der Waals surface area contributed by atoms with Crippen LogP contribution in [0.2, 0.25) is 0 Å². The van der Waals surface area contributed by atoms with Crippen LogP contribution >= 0.6 is 39.0 Å². The number of thiophene rings is 1. The number of methoxy groups -OCH3 is 2. The summed E-state index contributed by atoms with van der Waals surface area (Å²) in [6, 6.07) is 8.84. The van der Waals surface area contributed by atoms with Gasteiger partial charge in [0.05, 0.1) is 18.0 Å². The van der Waals surface area contributed by atoms with E-state index in [9.17, 15) is 9.90 Å². The fourth-order valence-electron chi connectivity index (χ4n) is 2.06. The van der Waals surface area contributed by atoms with Crippen molar-refractivity contribution >= 4 is 51.1 Å². The number of ether oxygens (including phenoxy) is 2. The van der Waals surface area contributed by atoms with Gasteiger partial charge in [-0.2, -0.15) is 0 Å². The molecule has 0 bridgehead atoms. The number of thioether (sulfide) groups is 1. The standard InChI is InChI=1S/C17H13BrN2O5S2/c1-23-10-5-9(6-11(7-10)24-2)15-19-20-17(25-15)27-13(16(21)22)8-12-3-4-14(18)26-12/h3-8H,1-2H3,(H,21,22)/b13-8-. The van der Waals surface area contributed by atoms with Gasteiger partial charge < -0.3 is 19.0 Å². The van der Waals surface area contributed by atoms with Gasteiger partial charge in [0.15, 0.2) is 0 Å². The summed E-state index contributed by atoms with van der Waals surface area (Å²) >= 11 is 5.66. The Balaban J connectivity index is 1.86. The molecule has 140 valence electrons. The number of hydrogen-bond donors (Lipinski definition) is 1. The van der Waals surface area contributed by atoms with Crippen LogP contribution in [0.5, 0.6) is 11.5 Å². The van der Waals surface area contributed by atoms with Crippen LogP contribution in [0.25, 0.3) is 17.5 Å². The van der Waals surface area contributed by atoms with Crippen LogP contribution in [-0.4, -0.2) is 35.5 Å². The fourth-order valence-corrected chi connectivity index (χ4v) is 4.17. The van der Waals surface area contributed by atoms with Crippen molar-refractivity contribution in [2.75, 3.05) is 14.2 Å². The van der Waals surface area contributed by atoms with Crippen molar-refractivity contribution in [3.63, 3.8) is 0 Å². The van der Waals surface area contributed by atoms with Crippen molar-refractivity contribution in [3.05, 3.63) is 43.9 Å². The van der Waals surface area contributed by atoms with Crippen LogP contribution in [0, 0.1) is 0 Å². The average Bonchev–Trinajstić information content (AvgIpc) is 3.29. The second-order valence-electron chi connectivity index (χ2n) is 5.03. The van der Waals surface area contributed by atoms with Crippen LogP contribution in [0.3, 0.4) is 0 Å². The molecular weight excluding hydrogens is 456 g/mol. The molecule has 0 fully saturated rings. The molecule has 2 aromatic heterocycles. The van der Waals surface area contributed by atoms with Crippen LogP contribution in [-0.2, 0) is 4.79 Å². The van der Waals surface area contributed by atoms with Crippen molar-refractivity contribution < 1.29 is 23.8 Å². The topological polar surface area (TPSA) is 94.7 Å². The largest absolute Gasteiger partial charge is 0.497 e. The molecule has 0 aliphatic rings. The highest BCUT2D eigenvalue weighted by atomic mass is 79.9. The highest BCUT2D eigenvalue weighted by Gasteiger charge is 2.17. The smallest absolute Gasteiger partial charge is 0.342 e. The highest BCUT2D eigenvalue weighted by Crippen LogP contribution is 2.34. The van der Waals surface area contributed by atoms with Gasteiger partial charge in [0.25, 0.3) is 5.22 Å². The van der Waals surface area contributed by atoms with E-state index in [4.69, 9.17) is 13.9 Å². The Hall–Kier alpha value is -2.30. The van der Waals surface area contributed by atoms with Crippen molar-refractivity contribution in [2.24, 2.45) is 0 Å². The zero-order valence-corrected chi connectivity index (χ0v) is 17.4. The molecule has 0 radical (unpaired) electrons. The second-order valence-corrected chi connectivity index (χ2v) is 8.52. The molecule has 27 heavy (non-hydrogen) atoms. The molecule has 0 amide bonds. The van der Waals surface area contributed by atoms with Gasteiger partial charge in [0.1, 0.15) is 16.4 Å². The second kappa shape index (κ2) is 8.59. The number of hydrogen-bond acceptors (Lipinski definition) is 8. The van der Waals surface area contributed by atoms with Crippen LogP contribution < -0.4 is 9.47 Å². The van der Waals surface area contributed by atoms with Gasteiger partial charge in [-0.3, -0.25) is 0 Å². The third-order valence-electron chi connectivity index (χ3n) is 3.28. The Bertz CT molecular complexity index is 977. The summed E-state index contributed by atoms with van der Waals surface area (Å²) < 4.78 is 17.0. The van der Waals surface area contributed by atoms with Crippen molar-refractivity contribution in [3.8, 4) is 23.0 Å². The number of carboxylic acid groups (broad SMARTS) is 1. The molecule has 2 heterocycles. The summed E-state index contributed by atoms with van der Waals surface area (Å²) in [7, 11) is 3.08. The van der Waals surface area contributed by atoms with Gasteiger partial charge in [0.2, 0.25) is 5.89 Å². The van der Waals surface area contributed by atoms with E-state index in [1.54, 1.807) is 38.5 Å². The summed E-state index contributed by atoms with van der Waals surface area (Å²) in [5.41, 5.74) is 0.605. The molecule has 1 N–H and O–H groups in total. The number of carbonyl (C=O) groups is 1. The zero-order valence-electron chi connectivity index (χ0n) is 14.1. The van der Waals surface area contributed by atoms with Crippen molar-refractivity contribution in [2.45, 2.75) is 5.22 Å². The monoisotopic (exact) mass is 468 g/mol. The minimum absolute atomic E-state index is 0.0720. The molecule has 0 aliphatic heterocycles. The normalized spacial score (nSPS) is 11.4. The van der Waals surface area contributed by atoms with Gasteiger partial charge in [0, 0.05) is 16.5 Å². The minimum Gasteiger partial charge on any atom is -0.497 e. The predicted molar refractivity (Wildman–Crippen MR) is 106 cm³/mol. The quantitative estimate of drug-likeness (QED) is 0.390. The molecule has 3 aromatic rings. The molecular formula is C17H13BrN2O5S2. The van der Waals surface area contributed by atoms with Gasteiger partial charge >= 0.3 is 5.97 Å². The van der Waals surface area contributed by atoms with E-state index in [0.29, 0.717) is 17.1 Å². The first-order chi connectivity index (χ1) is 13.0. The summed E-state index contributed by atoms with van der Waals surface area (Å²) in [6.07, 6.45) is 1.56. The maximum Gasteiger partial charge on any atom is 0.342 e. The fraction of sp³-hybridized carbons (Fsp3) is 0.118. The molecule has 0 unspecified atom stereocenters. The molecule has 0 aliphatic carbocycles. The first-order valence-corrected chi connectivity index (χ1v) is 9.86. The molecule has 0 spiro atoms. The third-order valence-corrected chi connectivity index (χ3v) is 5.70. The average molecular weight is 469 g/mol. The zero-order chi connectivity index (χ0) is 19.4. The molecule has 10 heteroatoms. The number of rotatable bonds is 7. The molecule has 3 rings (SSSR count). The molecule has 0 saturated heterocycles. The Morgan fingerprint density at radius 3 is 2.48 bits per heavy atom. The third kappa shape index (κ3) is 4.90. The number of carboxylic acids is 1. The van der Waals surface area contributed by atoms with Crippen molar-refractivity contribution in [1.82, 2.24) is 10.2 Å². The lowest BCUT2D eigenvalue weighted by atomic mass is 10.2. The van der Waals surface area contributed by atoms with Gasteiger partial charge in [-0.05, 0) is 58.0 Å². The minimum atomic E-state index is -1.08. The van der Waals surface area contributed by atoms with Crippen LogP contribution in [0.4, 0.5) is 0 Å². The van der Waals surface area contributed by atoms with E-state index in [0.717, 1.165) is 20.4 Å². The number of nitrogens with zero attached hydrogens (tertiary/aromatic N) is 2. The lowest BCUT2D eigenvalue weighted by Gasteiger charge is -2.05. The first kappa shape index (κ1) is 19.5. The lowest BCUT2D eigenvalue weighted by Crippen LogP contribution is -1.96. The molecule has 0 atom stereocenters. The summed E-state index contributed by atoms with van der Waals surface area (Å²) in [5.74, 6) is 0.308. The van der Waals surface area contributed by atoms with E-state index in [1.807, 2.05) is 12.1 Å². The van der Waals surface area contributed by atoms with Crippen LogP contribution in [0.15, 0.2) is 48.7 Å². The van der Waals surface area contributed by atoms with E-state index < -0.39 is 5.97 Å². The Morgan fingerprint density at radius 2 is 1.93 bits per heavy atom. The summed E-state index contributed by atoms with van der Waals surface area (Å²) in [4.78, 5) is 12.4. The maximum absolute atomic E-state index is 11.5. The molecule has 7 nitrogen and oxygen atoms in total. The summed E-state index contributed by atoms with van der Waals surface area (Å²) in [5, 5.41) is 17.5. The lowest BCUT2D eigenvalue weighted by molar-refractivity contribution is -0.131. The van der Waals surface area contributed by atoms with E-state index in [-0.39, 0.29) is 16.0 Å². The van der Waals surface area contributed by atoms with E-state index in [2.05, 4.69) is 26.1 Å². The Morgan fingerprint density at radius 1 is 1.22 bits per heavy atom. The first-order valence-electron chi connectivity index (χ1n) is 7.43. The maximum atomic E-state index is 11.5. The van der Waals surface area contributed by atoms with E-state index >= 15 is 0 Å². The summed E-state index contributed by atoms with van der Waals surface area (Å²) in [6.45, 7) is 0. The Labute approximate surface area is 171 Å². The number of aliphatic carboxylic acids is 1. The molecule has 1 aromatic carbocycles. The van der Waals surface area contributed by atoms with Crippen molar-refractivity contribution in [1.29, 1.82) is 0 Å². The number of benzene rings is 1. The van der Waals surface area contributed by atoms with Gasteiger partial charge in [-0.1, -0.05) is 0 Å². The predicted octanol–water partition coefficient (Wildman–Crippen LogP) is 4.80.